The minimum absolute atomic E-state index is 0.559. The van der Waals surface area contributed by atoms with Gasteiger partial charge in [0.1, 0.15) is 5.69 Å². The van der Waals surface area contributed by atoms with Gasteiger partial charge in [-0.1, -0.05) is 0 Å². The molecule has 0 spiro atoms. The van der Waals surface area contributed by atoms with Crippen molar-refractivity contribution >= 4 is 17.3 Å². The van der Waals surface area contributed by atoms with Crippen LogP contribution in [0.4, 0.5) is 5.95 Å². The molecular formula is C10H13N5S. The number of aryl methyl sites for hydroxylation is 1. The van der Waals surface area contributed by atoms with Gasteiger partial charge in [-0.05, 0) is 13.0 Å². The minimum atomic E-state index is 0.559. The molecule has 0 aliphatic heterocycles. The Morgan fingerprint density at radius 3 is 2.94 bits per heavy atom. The van der Waals surface area contributed by atoms with Crippen molar-refractivity contribution in [1.82, 2.24) is 15.0 Å². The van der Waals surface area contributed by atoms with E-state index in [1.54, 1.807) is 17.5 Å². The monoisotopic (exact) mass is 235 g/mol. The molecule has 5 nitrogen and oxygen atoms in total. The molecule has 0 aliphatic rings. The van der Waals surface area contributed by atoms with E-state index in [-0.39, 0.29) is 0 Å². The van der Waals surface area contributed by atoms with Crippen molar-refractivity contribution in [3.63, 3.8) is 0 Å². The molecule has 0 atom stereocenters. The van der Waals surface area contributed by atoms with E-state index in [0.717, 1.165) is 16.4 Å². The quantitative estimate of drug-likeness (QED) is 0.834. The van der Waals surface area contributed by atoms with Gasteiger partial charge in [-0.3, -0.25) is 0 Å². The number of nitrogens with one attached hydrogen (secondary N) is 1. The summed E-state index contributed by atoms with van der Waals surface area (Å²) in [5.74, 6) is 0.591. The molecule has 2 rings (SSSR count). The molecule has 0 unspecified atom stereocenters. The van der Waals surface area contributed by atoms with Crippen molar-refractivity contribution in [3.8, 4) is 11.4 Å². The number of aromatic nitrogens is 3. The zero-order valence-electron chi connectivity index (χ0n) is 8.97. The smallest absolute Gasteiger partial charge is 0.223 e. The largest absolute Gasteiger partial charge is 0.353 e. The summed E-state index contributed by atoms with van der Waals surface area (Å²) in [6, 6.07) is 1.85. The van der Waals surface area contributed by atoms with Crippen LogP contribution in [0, 0.1) is 6.92 Å². The highest BCUT2D eigenvalue weighted by Crippen LogP contribution is 2.19. The Morgan fingerprint density at radius 1 is 1.38 bits per heavy atom. The van der Waals surface area contributed by atoms with Crippen molar-refractivity contribution in [2.24, 2.45) is 5.73 Å². The first-order valence-electron chi connectivity index (χ1n) is 4.99. The Labute approximate surface area is 97.8 Å². The second kappa shape index (κ2) is 5.00. The highest BCUT2D eigenvalue weighted by Gasteiger charge is 2.04. The second-order valence-electron chi connectivity index (χ2n) is 3.23. The van der Waals surface area contributed by atoms with Crippen LogP contribution in [0.15, 0.2) is 17.6 Å². The average molecular weight is 235 g/mol. The van der Waals surface area contributed by atoms with E-state index in [2.05, 4.69) is 20.3 Å². The van der Waals surface area contributed by atoms with E-state index in [0.29, 0.717) is 19.0 Å². The topological polar surface area (TPSA) is 76.7 Å². The molecule has 0 bridgehead atoms. The van der Waals surface area contributed by atoms with Gasteiger partial charge in [-0.2, -0.15) is 0 Å². The summed E-state index contributed by atoms with van der Waals surface area (Å²) in [7, 11) is 0. The number of nitrogens with two attached hydrogens (primary N) is 1. The summed E-state index contributed by atoms with van der Waals surface area (Å²) in [6.07, 6.45) is 1.72. The molecule has 6 heteroatoms. The van der Waals surface area contributed by atoms with Crippen LogP contribution >= 0.6 is 11.3 Å². The molecule has 2 aromatic heterocycles. The van der Waals surface area contributed by atoms with Crippen molar-refractivity contribution in [3.05, 3.63) is 22.7 Å². The summed E-state index contributed by atoms with van der Waals surface area (Å²) < 4.78 is 0. The molecule has 3 N–H and O–H groups in total. The molecule has 0 amide bonds. The molecule has 2 heterocycles. The van der Waals surface area contributed by atoms with Crippen molar-refractivity contribution < 1.29 is 0 Å². The van der Waals surface area contributed by atoms with Gasteiger partial charge < -0.3 is 11.1 Å². The van der Waals surface area contributed by atoms with Crippen molar-refractivity contribution in [2.45, 2.75) is 6.92 Å². The summed E-state index contributed by atoms with van der Waals surface area (Å²) in [4.78, 5) is 12.8. The van der Waals surface area contributed by atoms with Gasteiger partial charge in [0.25, 0.3) is 0 Å². The van der Waals surface area contributed by atoms with Crippen LogP contribution in [-0.4, -0.2) is 28.0 Å². The third kappa shape index (κ3) is 2.53. The molecule has 2 aromatic rings. The molecule has 16 heavy (non-hydrogen) atoms. The molecule has 84 valence electrons. The third-order valence-corrected chi connectivity index (χ3v) is 2.74. The lowest BCUT2D eigenvalue weighted by atomic mass is 10.3. The van der Waals surface area contributed by atoms with Crippen LogP contribution in [0.5, 0.6) is 0 Å². The van der Waals surface area contributed by atoms with Crippen LogP contribution < -0.4 is 11.1 Å². The van der Waals surface area contributed by atoms with Crippen molar-refractivity contribution in [1.29, 1.82) is 0 Å². The van der Waals surface area contributed by atoms with Gasteiger partial charge in [-0.15, -0.1) is 11.3 Å². The lowest BCUT2D eigenvalue weighted by Crippen LogP contribution is -2.14. The molecule has 0 radical (unpaired) electrons. The number of hydrogen-bond donors (Lipinski definition) is 2. The van der Waals surface area contributed by atoms with E-state index in [9.17, 15) is 0 Å². The number of rotatable bonds is 4. The SMILES string of the molecule is Cc1nc(-c2ccnc(NCCN)n2)cs1. The molecule has 0 aromatic carbocycles. The number of hydrogen-bond acceptors (Lipinski definition) is 6. The van der Waals surface area contributed by atoms with Crippen LogP contribution in [0.1, 0.15) is 5.01 Å². The molecule has 0 fully saturated rings. The Balaban J connectivity index is 2.22. The fourth-order valence-electron chi connectivity index (χ4n) is 1.25. The van der Waals surface area contributed by atoms with Gasteiger partial charge in [0, 0.05) is 24.7 Å². The van der Waals surface area contributed by atoms with Gasteiger partial charge in [0.05, 0.1) is 10.7 Å². The summed E-state index contributed by atoms with van der Waals surface area (Å²) in [6.45, 7) is 3.20. The highest BCUT2D eigenvalue weighted by molar-refractivity contribution is 7.09. The standard InChI is InChI=1S/C10H13N5S/c1-7-14-9(6-16-7)8-2-4-12-10(15-8)13-5-3-11/h2,4,6H,3,5,11H2,1H3,(H,12,13,15). The van der Waals surface area contributed by atoms with Crippen LogP contribution in [-0.2, 0) is 0 Å². The molecule has 0 aliphatic carbocycles. The van der Waals surface area contributed by atoms with E-state index >= 15 is 0 Å². The molecule has 0 saturated carbocycles. The van der Waals surface area contributed by atoms with E-state index < -0.39 is 0 Å². The lowest BCUT2D eigenvalue weighted by molar-refractivity contribution is 0.989. The van der Waals surface area contributed by atoms with Crippen molar-refractivity contribution in [2.75, 3.05) is 18.4 Å². The number of anilines is 1. The molecule has 0 saturated heterocycles. The van der Waals surface area contributed by atoms with E-state index in [1.165, 1.54) is 0 Å². The Hall–Kier alpha value is -1.53. The fraction of sp³-hybridized carbons (Fsp3) is 0.300. The molecular weight excluding hydrogens is 222 g/mol. The lowest BCUT2D eigenvalue weighted by Gasteiger charge is -2.03. The Morgan fingerprint density at radius 2 is 2.25 bits per heavy atom. The Kier molecular flexibility index (Phi) is 3.43. The van der Waals surface area contributed by atoms with Gasteiger partial charge in [-0.25, -0.2) is 15.0 Å². The van der Waals surface area contributed by atoms with E-state index in [1.807, 2.05) is 18.4 Å². The summed E-state index contributed by atoms with van der Waals surface area (Å²) in [5, 5.41) is 6.06. The summed E-state index contributed by atoms with van der Waals surface area (Å²) >= 11 is 1.61. The van der Waals surface area contributed by atoms with Gasteiger partial charge in [0.2, 0.25) is 5.95 Å². The predicted molar refractivity (Wildman–Crippen MR) is 65.4 cm³/mol. The minimum Gasteiger partial charge on any atom is -0.353 e. The van der Waals surface area contributed by atoms with Crippen LogP contribution in [0.3, 0.4) is 0 Å². The maximum absolute atomic E-state index is 5.40. The maximum Gasteiger partial charge on any atom is 0.223 e. The first-order chi connectivity index (χ1) is 7.79. The zero-order chi connectivity index (χ0) is 11.4. The van der Waals surface area contributed by atoms with Gasteiger partial charge in [0.15, 0.2) is 0 Å². The predicted octanol–water partition coefficient (Wildman–Crippen LogP) is 1.28. The zero-order valence-corrected chi connectivity index (χ0v) is 9.79. The van der Waals surface area contributed by atoms with Crippen LogP contribution in [0.25, 0.3) is 11.4 Å². The Bertz CT molecular complexity index is 468. The first-order valence-corrected chi connectivity index (χ1v) is 5.87. The van der Waals surface area contributed by atoms with Gasteiger partial charge >= 0.3 is 0 Å². The second-order valence-corrected chi connectivity index (χ2v) is 4.29. The third-order valence-electron chi connectivity index (χ3n) is 1.96. The number of nitrogens with zero attached hydrogens (tertiary/aromatic N) is 3. The maximum atomic E-state index is 5.40. The average Bonchev–Trinajstić information content (AvgIpc) is 2.74. The van der Waals surface area contributed by atoms with Crippen LogP contribution in [0.2, 0.25) is 0 Å². The fourth-order valence-corrected chi connectivity index (χ4v) is 1.86. The number of thiazole rings is 1. The van der Waals surface area contributed by atoms with E-state index in [4.69, 9.17) is 5.73 Å². The highest BCUT2D eigenvalue weighted by atomic mass is 32.1. The summed E-state index contributed by atoms with van der Waals surface area (Å²) in [5.41, 5.74) is 7.12. The first kappa shape index (κ1) is 11.0. The normalized spacial score (nSPS) is 10.4.